The molecule has 0 saturated carbocycles. The second-order valence-corrected chi connectivity index (χ2v) is 4.10. The van der Waals surface area contributed by atoms with Crippen molar-refractivity contribution in [2.45, 2.75) is 6.42 Å². The molecule has 0 aliphatic heterocycles. The van der Waals surface area contributed by atoms with E-state index >= 15 is 0 Å². The molecule has 0 amide bonds. The number of aromatic amines is 1. The van der Waals surface area contributed by atoms with E-state index in [1.165, 1.54) is 5.56 Å². The summed E-state index contributed by atoms with van der Waals surface area (Å²) in [7, 11) is 2.02. The molecule has 0 aliphatic rings. The number of H-pyrrole nitrogens is 1. The van der Waals surface area contributed by atoms with Crippen LogP contribution >= 0.6 is 12.6 Å². The molecule has 0 saturated heterocycles. The molecule has 16 heavy (non-hydrogen) atoms. The van der Waals surface area contributed by atoms with E-state index in [-0.39, 0.29) is 0 Å². The van der Waals surface area contributed by atoms with Crippen molar-refractivity contribution in [2.24, 2.45) is 0 Å². The zero-order valence-electron chi connectivity index (χ0n) is 9.06. The van der Waals surface area contributed by atoms with Crippen LogP contribution in [0, 0.1) is 0 Å². The molecule has 1 aromatic carbocycles. The minimum atomic E-state index is -0.403. The first-order valence-corrected chi connectivity index (χ1v) is 5.73. The third-order valence-corrected chi connectivity index (χ3v) is 2.99. The van der Waals surface area contributed by atoms with Gasteiger partial charge >= 0.3 is 5.76 Å². The number of nitrogens with one attached hydrogen (secondary N) is 1. The summed E-state index contributed by atoms with van der Waals surface area (Å²) < 4.78 is 4.94. The monoisotopic (exact) mass is 238 g/mol. The fourth-order valence-corrected chi connectivity index (χ4v) is 1.69. The van der Waals surface area contributed by atoms with Gasteiger partial charge in [0.05, 0.1) is 5.52 Å². The summed E-state index contributed by atoms with van der Waals surface area (Å²) in [5.74, 6) is 0.338. The second kappa shape index (κ2) is 4.76. The first-order valence-electron chi connectivity index (χ1n) is 5.10. The summed E-state index contributed by atoms with van der Waals surface area (Å²) in [4.78, 5) is 15.7. The van der Waals surface area contributed by atoms with Crippen LogP contribution in [-0.2, 0) is 6.42 Å². The maximum Gasteiger partial charge on any atom is 0.417 e. The van der Waals surface area contributed by atoms with E-state index < -0.39 is 5.76 Å². The highest BCUT2D eigenvalue weighted by Crippen LogP contribution is 2.12. The highest BCUT2D eigenvalue weighted by molar-refractivity contribution is 7.80. The maximum atomic E-state index is 11.0. The van der Waals surface area contributed by atoms with Crippen molar-refractivity contribution < 1.29 is 4.42 Å². The first-order chi connectivity index (χ1) is 7.69. The van der Waals surface area contributed by atoms with Crippen molar-refractivity contribution in [3.05, 3.63) is 34.3 Å². The number of hydrogen-bond acceptors (Lipinski definition) is 4. The Labute approximate surface area is 98.7 Å². The smallest absolute Gasteiger partial charge is 0.408 e. The molecule has 1 N–H and O–H groups in total. The highest BCUT2D eigenvalue weighted by atomic mass is 32.1. The fraction of sp³-hybridized carbons (Fsp3) is 0.364. The van der Waals surface area contributed by atoms with Gasteiger partial charge in [-0.25, -0.2) is 4.79 Å². The van der Waals surface area contributed by atoms with E-state index in [0.29, 0.717) is 5.58 Å². The lowest BCUT2D eigenvalue weighted by atomic mass is 10.1. The second-order valence-electron chi connectivity index (χ2n) is 3.82. The van der Waals surface area contributed by atoms with E-state index in [2.05, 4.69) is 22.5 Å². The molecule has 0 spiro atoms. The van der Waals surface area contributed by atoms with Gasteiger partial charge in [-0.2, -0.15) is 12.6 Å². The van der Waals surface area contributed by atoms with Gasteiger partial charge in [-0.05, 0) is 31.2 Å². The van der Waals surface area contributed by atoms with E-state index in [9.17, 15) is 4.79 Å². The van der Waals surface area contributed by atoms with Crippen LogP contribution in [0.5, 0.6) is 0 Å². The number of thiol groups is 1. The van der Waals surface area contributed by atoms with Gasteiger partial charge in [0.2, 0.25) is 0 Å². The predicted octanol–water partition coefficient (Wildman–Crippen LogP) is 1.48. The molecular weight excluding hydrogens is 224 g/mol. The van der Waals surface area contributed by atoms with E-state index in [0.717, 1.165) is 24.4 Å². The maximum absolute atomic E-state index is 11.0. The lowest BCUT2D eigenvalue weighted by Crippen LogP contribution is -2.19. The predicted molar refractivity (Wildman–Crippen MR) is 67.0 cm³/mol. The summed E-state index contributed by atoms with van der Waals surface area (Å²) >= 11 is 4.19. The standard InChI is InChI=1S/C11H14N2O2S/c1-13(7-16)5-4-8-2-3-10-9(6-8)12-11(14)15-10/h2-3,6,16H,4-5,7H2,1H3,(H,12,14). The fourth-order valence-electron chi connectivity index (χ4n) is 1.55. The first kappa shape index (κ1) is 11.3. The Balaban J connectivity index is 2.16. The van der Waals surface area contributed by atoms with Crippen LogP contribution in [-0.4, -0.2) is 29.4 Å². The minimum absolute atomic E-state index is 0.403. The van der Waals surface area contributed by atoms with Crippen LogP contribution in [0.1, 0.15) is 5.56 Å². The zero-order valence-corrected chi connectivity index (χ0v) is 9.96. The van der Waals surface area contributed by atoms with Crippen molar-refractivity contribution in [3.63, 3.8) is 0 Å². The average Bonchev–Trinajstić information content (AvgIpc) is 2.65. The van der Waals surface area contributed by atoms with Crippen LogP contribution in [0.15, 0.2) is 27.4 Å². The summed E-state index contributed by atoms with van der Waals surface area (Å²) in [6.07, 6.45) is 0.931. The SMILES string of the molecule is CN(CS)CCc1ccc2oc(=O)[nH]c2c1. The largest absolute Gasteiger partial charge is 0.417 e. The molecule has 1 heterocycles. The molecule has 0 atom stereocenters. The number of hydrogen-bond donors (Lipinski definition) is 2. The quantitative estimate of drug-likeness (QED) is 0.626. The molecule has 2 aromatic rings. The van der Waals surface area contributed by atoms with Crippen LogP contribution in [0.3, 0.4) is 0 Å². The molecular formula is C11H14N2O2S. The molecule has 1 aromatic heterocycles. The molecule has 4 nitrogen and oxygen atoms in total. The normalized spacial score (nSPS) is 11.4. The van der Waals surface area contributed by atoms with Gasteiger partial charge in [-0.1, -0.05) is 6.07 Å². The number of likely N-dealkylation sites (N-methyl/N-ethyl adjacent to an activating group) is 1. The molecule has 2 rings (SSSR count). The van der Waals surface area contributed by atoms with E-state index in [1.807, 2.05) is 25.2 Å². The van der Waals surface area contributed by atoms with Gasteiger partial charge in [-0.3, -0.25) is 9.88 Å². The summed E-state index contributed by atoms with van der Waals surface area (Å²) in [6, 6.07) is 5.75. The molecule has 5 heteroatoms. The van der Waals surface area contributed by atoms with Gasteiger partial charge in [0.1, 0.15) is 0 Å². The summed E-state index contributed by atoms with van der Waals surface area (Å²) in [5.41, 5.74) is 2.55. The topological polar surface area (TPSA) is 49.2 Å². The average molecular weight is 238 g/mol. The van der Waals surface area contributed by atoms with Gasteiger partial charge in [0.15, 0.2) is 5.58 Å². The van der Waals surface area contributed by atoms with E-state index in [1.54, 1.807) is 0 Å². The number of nitrogens with zero attached hydrogens (tertiary/aromatic N) is 1. The van der Waals surface area contributed by atoms with Crippen LogP contribution in [0.25, 0.3) is 11.1 Å². The Kier molecular flexibility index (Phi) is 3.36. The number of benzene rings is 1. The van der Waals surface area contributed by atoms with Crippen LogP contribution in [0.2, 0.25) is 0 Å². The Bertz CT molecular complexity index is 532. The number of fused-ring (bicyclic) bond motifs is 1. The minimum Gasteiger partial charge on any atom is -0.408 e. The highest BCUT2D eigenvalue weighted by Gasteiger charge is 2.02. The van der Waals surface area contributed by atoms with Crippen molar-refractivity contribution in [2.75, 3.05) is 19.5 Å². The van der Waals surface area contributed by atoms with Crippen molar-refractivity contribution in [1.82, 2.24) is 9.88 Å². The summed E-state index contributed by atoms with van der Waals surface area (Å²) in [5, 5.41) is 0. The van der Waals surface area contributed by atoms with Crippen molar-refractivity contribution in [3.8, 4) is 0 Å². The van der Waals surface area contributed by atoms with Crippen molar-refractivity contribution in [1.29, 1.82) is 0 Å². The van der Waals surface area contributed by atoms with Gasteiger partial charge in [0.25, 0.3) is 0 Å². The van der Waals surface area contributed by atoms with Gasteiger partial charge in [0, 0.05) is 12.4 Å². The summed E-state index contributed by atoms with van der Waals surface area (Å²) in [6.45, 7) is 0.942. The lowest BCUT2D eigenvalue weighted by molar-refractivity contribution is 0.399. The Morgan fingerprint density at radius 2 is 2.31 bits per heavy atom. The molecule has 0 bridgehead atoms. The van der Waals surface area contributed by atoms with Crippen LogP contribution in [0.4, 0.5) is 0 Å². The zero-order chi connectivity index (χ0) is 11.5. The lowest BCUT2D eigenvalue weighted by Gasteiger charge is -2.12. The third-order valence-electron chi connectivity index (χ3n) is 2.51. The number of aromatic nitrogens is 1. The van der Waals surface area contributed by atoms with Crippen molar-refractivity contribution >= 4 is 23.7 Å². The van der Waals surface area contributed by atoms with Gasteiger partial charge in [-0.15, -0.1) is 0 Å². The number of oxazole rings is 1. The Morgan fingerprint density at radius 3 is 3.06 bits per heavy atom. The number of rotatable bonds is 4. The molecule has 0 fully saturated rings. The molecule has 0 radical (unpaired) electrons. The van der Waals surface area contributed by atoms with Crippen LogP contribution < -0.4 is 5.76 Å². The molecule has 86 valence electrons. The molecule has 0 unspecified atom stereocenters. The Morgan fingerprint density at radius 1 is 1.50 bits per heavy atom. The van der Waals surface area contributed by atoms with E-state index in [4.69, 9.17) is 4.42 Å². The Hall–Kier alpha value is -1.20. The van der Waals surface area contributed by atoms with Gasteiger partial charge < -0.3 is 4.42 Å². The molecule has 0 aliphatic carbocycles. The third kappa shape index (κ3) is 2.48.